The van der Waals surface area contributed by atoms with Crippen molar-refractivity contribution in [3.63, 3.8) is 0 Å². The van der Waals surface area contributed by atoms with Gasteiger partial charge in [-0.25, -0.2) is 0 Å². The van der Waals surface area contributed by atoms with Crippen LogP contribution < -0.4 is 10.1 Å². The van der Waals surface area contributed by atoms with E-state index in [1.54, 1.807) is 6.92 Å². The Hall–Kier alpha value is -2.64. The van der Waals surface area contributed by atoms with E-state index in [9.17, 15) is 19.7 Å². The van der Waals surface area contributed by atoms with Crippen LogP contribution in [0.15, 0.2) is 18.2 Å². The Morgan fingerprint density at radius 1 is 1.48 bits per heavy atom. The van der Waals surface area contributed by atoms with Crippen LogP contribution in [0.3, 0.4) is 0 Å². The lowest BCUT2D eigenvalue weighted by Gasteiger charge is -2.08. The molecule has 112 valence electrons. The van der Waals surface area contributed by atoms with E-state index in [-0.39, 0.29) is 17.8 Å². The number of carboxylic acid groups (broad SMARTS) is 1. The molecule has 2 N–H and O–H groups in total. The highest BCUT2D eigenvalue weighted by Crippen LogP contribution is 2.40. The van der Waals surface area contributed by atoms with Crippen LogP contribution >= 0.6 is 0 Å². The van der Waals surface area contributed by atoms with E-state index in [0.29, 0.717) is 12.4 Å². The summed E-state index contributed by atoms with van der Waals surface area (Å²) in [6.07, 6.45) is 0.256. The molecule has 1 aliphatic carbocycles. The van der Waals surface area contributed by atoms with E-state index in [0.717, 1.165) is 0 Å². The van der Waals surface area contributed by atoms with Gasteiger partial charge in [0.15, 0.2) is 0 Å². The Morgan fingerprint density at radius 3 is 2.71 bits per heavy atom. The first-order chi connectivity index (χ1) is 9.93. The minimum Gasteiger partial charge on any atom is -0.494 e. The third-order valence-electron chi connectivity index (χ3n) is 3.18. The molecule has 2 rings (SSSR count). The minimum absolute atomic E-state index is 0.0319. The monoisotopic (exact) mass is 294 g/mol. The number of carboxylic acids is 1. The van der Waals surface area contributed by atoms with Crippen molar-refractivity contribution in [2.24, 2.45) is 11.8 Å². The second-order valence-corrected chi connectivity index (χ2v) is 4.65. The number of benzene rings is 1. The largest absolute Gasteiger partial charge is 0.494 e. The molecule has 0 aliphatic heterocycles. The van der Waals surface area contributed by atoms with Gasteiger partial charge in [0, 0.05) is 0 Å². The molecule has 0 heterocycles. The van der Waals surface area contributed by atoms with Crippen LogP contribution in [-0.4, -0.2) is 28.5 Å². The van der Waals surface area contributed by atoms with Gasteiger partial charge in [0.05, 0.1) is 29.4 Å². The predicted octanol–water partition coefficient (Wildman–Crippen LogP) is 1.65. The second kappa shape index (κ2) is 5.78. The van der Waals surface area contributed by atoms with Crippen LogP contribution in [0.2, 0.25) is 0 Å². The lowest BCUT2D eigenvalue weighted by molar-refractivity contribution is -0.384. The van der Waals surface area contributed by atoms with Crippen LogP contribution in [-0.2, 0) is 9.59 Å². The Kier molecular flexibility index (Phi) is 4.06. The number of hydrogen-bond donors (Lipinski definition) is 2. The Bertz CT molecular complexity index is 600. The molecule has 1 aromatic carbocycles. The summed E-state index contributed by atoms with van der Waals surface area (Å²) in [5, 5.41) is 22.2. The fourth-order valence-corrected chi connectivity index (χ4v) is 2.01. The number of nitrogens with one attached hydrogen (secondary N) is 1. The number of ether oxygens (including phenoxy) is 1. The van der Waals surface area contributed by atoms with Crippen LogP contribution in [0.1, 0.15) is 13.3 Å². The van der Waals surface area contributed by atoms with Gasteiger partial charge in [0.25, 0.3) is 5.69 Å². The Morgan fingerprint density at radius 2 is 2.19 bits per heavy atom. The van der Waals surface area contributed by atoms with Crippen molar-refractivity contribution in [1.82, 2.24) is 0 Å². The highest BCUT2D eigenvalue weighted by Gasteiger charge is 2.48. The molecule has 0 spiro atoms. The van der Waals surface area contributed by atoms with E-state index in [4.69, 9.17) is 9.84 Å². The van der Waals surface area contributed by atoms with E-state index in [1.165, 1.54) is 18.2 Å². The summed E-state index contributed by atoms with van der Waals surface area (Å²) in [4.78, 5) is 33.0. The summed E-state index contributed by atoms with van der Waals surface area (Å²) in [5.41, 5.74) is -0.258. The molecule has 1 aromatic rings. The van der Waals surface area contributed by atoms with E-state index < -0.39 is 28.6 Å². The number of carbonyl (C=O) groups excluding carboxylic acids is 1. The van der Waals surface area contributed by atoms with Gasteiger partial charge >= 0.3 is 5.97 Å². The molecular formula is C13H14N2O6. The van der Waals surface area contributed by atoms with Gasteiger partial charge in [0.2, 0.25) is 5.91 Å². The normalized spacial score (nSPS) is 19.7. The number of carbonyl (C=O) groups is 2. The van der Waals surface area contributed by atoms with Gasteiger partial charge in [0.1, 0.15) is 11.4 Å². The first-order valence-electron chi connectivity index (χ1n) is 6.39. The standard InChI is InChI=1S/C13H14N2O6/c1-2-21-7-3-4-10(11(5-7)15(19)20)14-12(16)8-6-9(8)13(17)18/h3-5,8-9H,2,6H2,1H3,(H,14,16)(H,17,18)/t8-,9+/m1/s1. The van der Waals surface area contributed by atoms with Crippen LogP contribution in [0.4, 0.5) is 11.4 Å². The summed E-state index contributed by atoms with van der Waals surface area (Å²) in [6, 6.07) is 4.10. The maximum Gasteiger partial charge on any atom is 0.307 e. The fraction of sp³-hybridized carbons (Fsp3) is 0.385. The van der Waals surface area contributed by atoms with E-state index >= 15 is 0 Å². The smallest absolute Gasteiger partial charge is 0.307 e. The molecule has 1 fully saturated rings. The summed E-state index contributed by atoms with van der Waals surface area (Å²) in [6.45, 7) is 2.12. The Labute approximate surface area is 119 Å². The number of aliphatic carboxylic acids is 1. The molecular weight excluding hydrogens is 280 g/mol. The summed E-state index contributed by atoms with van der Waals surface area (Å²) < 4.78 is 5.17. The fourth-order valence-electron chi connectivity index (χ4n) is 2.01. The van der Waals surface area contributed by atoms with Crippen LogP contribution in [0.5, 0.6) is 5.75 Å². The molecule has 1 aliphatic rings. The quantitative estimate of drug-likeness (QED) is 0.608. The van der Waals surface area contributed by atoms with Crippen molar-refractivity contribution in [3.05, 3.63) is 28.3 Å². The molecule has 8 heteroatoms. The van der Waals surface area contributed by atoms with E-state index in [1.807, 2.05) is 0 Å². The van der Waals surface area contributed by atoms with Crippen molar-refractivity contribution in [3.8, 4) is 5.75 Å². The molecule has 2 atom stereocenters. The topological polar surface area (TPSA) is 119 Å². The van der Waals surface area contributed by atoms with Crippen LogP contribution in [0.25, 0.3) is 0 Å². The number of hydrogen-bond acceptors (Lipinski definition) is 5. The molecule has 0 bridgehead atoms. The zero-order valence-electron chi connectivity index (χ0n) is 11.2. The second-order valence-electron chi connectivity index (χ2n) is 4.65. The number of rotatable bonds is 6. The lowest BCUT2D eigenvalue weighted by atomic mass is 10.2. The molecule has 1 saturated carbocycles. The number of nitrogens with zero attached hydrogens (tertiary/aromatic N) is 1. The number of nitro benzene ring substituents is 1. The third kappa shape index (κ3) is 3.28. The third-order valence-corrected chi connectivity index (χ3v) is 3.18. The van der Waals surface area contributed by atoms with Gasteiger partial charge in [-0.05, 0) is 25.5 Å². The van der Waals surface area contributed by atoms with Gasteiger partial charge in [-0.1, -0.05) is 0 Å². The van der Waals surface area contributed by atoms with Crippen molar-refractivity contribution in [1.29, 1.82) is 0 Å². The van der Waals surface area contributed by atoms with E-state index in [2.05, 4.69) is 5.32 Å². The van der Waals surface area contributed by atoms with Crippen LogP contribution in [0, 0.1) is 22.0 Å². The molecule has 8 nitrogen and oxygen atoms in total. The zero-order chi connectivity index (χ0) is 15.6. The number of nitro groups is 1. The van der Waals surface area contributed by atoms with Gasteiger partial charge in [-0.2, -0.15) is 0 Å². The number of amides is 1. The van der Waals surface area contributed by atoms with Gasteiger partial charge < -0.3 is 15.2 Å². The molecule has 0 aromatic heterocycles. The average Bonchev–Trinajstić information content (AvgIpc) is 3.21. The highest BCUT2D eigenvalue weighted by molar-refractivity contribution is 5.99. The highest BCUT2D eigenvalue weighted by atomic mass is 16.6. The molecule has 0 saturated heterocycles. The summed E-state index contributed by atoms with van der Waals surface area (Å²) >= 11 is 0. The van der Waals surface area contributed by atoms with Crippen molar-refractivity contribution in [2.45, 2.75) is 13.3 Å². The maximum atomic E-state index is 11.8. The first-order valence-corrected chi connectivity index (χ1v) is 6.39. The molecule has 0 unspecified atom stereocenters. The summed E-state index contributed by atoms with van der Waals surface area (Å²) in [5.74, 6) is -2.55. The van der Waals surface area contributed by atoms with Crippen molar-refractivity contribution in [2.75, 3.05) is 11.9 Å². The predicted molar refractivity (Wildman–Crippen MR) is 72.1 cm³/mol. The van der Waals surface area contributed by atoms with Crippen molar-refractivity contribution < 1.29 is 24.4 Å². The maximum absolute atomic E-state index is 11.8. The minimum atomic E-state index is -1.03. The molecule has 21 heavy (non-hydrogen) atoms. The lowest BCUT2D eigenvalue weighted by Crippen LogP contribution is -2.17. The Balaban J connectivity index is 2.14. The average molecular weight is 294 g/mol. The van der Waals surface area contributed by atoms with Crippen molar-refractivity contribution >= 4 is 23.3 Å². The zero-order valence-corrected chi connectivity index (χ0v) is 11.2. The van der Waals surface area contributed by atoms with Gasteiger partial charge in [-0.3, -0.25) is 19.7 Å². The first kappa shape index (κ1) is 14.8. The molecule has 0 radical (unpaired) electrons. The SMILES string of the molecule is CCOc1ccc(NC(=O)[C@@H]2C[C@@H]2C(=O)O)c([N+](=O)[O-])c1. The molecule has 1 amide bonds. The summed E-state index contributed by atoms with van der Waals surface area (Å²) in [7, 11) is 0. The number of anilines is 1. The van der Waals surface area contributed by atoms with Gasteiger partial charge in [-0.15, -0.1) is 0 Å².